The van der Waals surface area contributed by atoms with Crippen LogP contribution < -0.4 is 21.7 Å². The summed E-state index contributed by atoms with van der Waals surface area (Å²) in [5.74, 6) is -0.488. The number of hydrogen-bond acceptors (Lipinski definition) is 10. The number of phenols is 1. The number of nitrogens with two attached hydrogens (primary N) is 1. The summed E-state index contributed by atoms with van der Waals surface area (Å²) in [5, 5.41) is 34.0. The van der Waals surface area contributed by atoms with Crippen molar-refractivity contribution in [2.24, 2.45) is 0 Å². The molecule has 0 bridgehead atoms. The van der Waals surface area contributed by atoms with Gasteiger partial charge in [-0.3, -0.25) is 28.8 Å². The van der Waals surface area contributed by atoms with Gasteiger partial charge in [0, 0.05) is 103 Å². The average Bonchev–Trinajstić information content (AvgIpc) is 3.94. The summed E-state index contributed by atoms with van der Waals surface area (Å²) >= 11 is 13.1. The van der Waals surface area contributed by atoms with Gasteiger partial charge in [0.2, 0.25) is 17.7 Å². The van der Waals surface area contributed by atoms with Crippen molar-refractivity contribution < 1.29 is 29.4 Å². The third-order valence-electron chi connectivity index (χ3n) is 11.5. The van der Waals surface area contributed by atoms with Crippen molar-refractivity contribution >= 4 is 63.6 Å². The fourth-order valence-corrected chi connectivity index (χ4v) is 8.57. The molecule has 0 aliphatic carbocycles. The molecule has 16 nitrogen and oxygen atoms in total. The Morgan fingerprint density at radius 1 is 0.862 bits per heavy atom. The smallest absolute Gasteiger partial charge is 0.269 e. The Balaban J connectivity index is 0.771. The van der Waals surface area contributed by atoms with Crippen LogP contribution in [0.5, 0.6) is 5.75 Å². The number of carbonyl (C=O) groups excluding carboxylic acids is 4. The van der Waals surface area contributed by atoms with Gasteiger partial charge in [-0.05, 0) is 60.7 Å². The number of pyridine rings is 2. The van der Waals surface area contributed by atoms with Crippen LogP contribution in [0.4, 0.5) is 5.82 Å². The van der Waals surface area contributed by atoms with E-state index in [4.69, 9.17) is 28.9 Å². The maximum absolute atomic E-state index is 12.8. The summed E-state index contributed by atoms with van der Waals surface area (Å²) in [5.41, 5.74) is 14.6. The normalized spacial score (nSPS) is 12.3. The molecule has 6 aromatic rings. The van der Waals surface area contributed by atoms with Gasteiger partial charge in [-0.2, -0.15) is 5.10 Å². The first-order chi connectivity index (χ1) is 31.4. The molecular weight excluding hydrogens is 871 g/mol. The van der Waals surface area contributed by atoms with Gasteiger partial charge in [0.05, 0.1) is 21.3 Å². The first-order valence-corrected chi connectivity index (χ1v) is 22.5. The number of anilines is 1. The number of benzene rings is 2. The molecule has 1 aliphatic rings. The Labute approximate surface area is 385 Å². The molecule has 18 heteroatoms. The zero-order valence-corrected chi connectivity index (χ0v) is 37.6. The minimum absolute atomic E-state index is 0.0380. The quantitative estimate of drug-likeness (QED) is 0.0455. The van der Waals surface area contributed by atoms with Crippen LogP contribution in [0, 0.1) is 0 Å². The number of phenolic OH excluding ortho intramolecular Hbond substituents is 1. The second-order valence-electron chi connectivity index (χ2n) is 15.9. The topological polar surface area (TPSA) is 233 Å². The van der Waals surface area contributed by atoms with Crippen LogP contribution in [-0.2, 0) is 40.3 Å². The lowest BCUT2D eigenvalue weighted by Gasteiger charge is -2.26. The van der Waals surface area contributed by atoms with Crippen molar-refractivity contribution in [1.29, 1.82) is 0 Å². The zero-order valence-electron chi connectivity index (χ0n) is 36.1. The van der Waals surface area contributed by atoms with E-state index in [1.165, 1.54) is 0 Å². The fourth-order valence-electron chi connectivity index (χ4n) is 8.17. The van der Waals surface area contributed by atoms with Crippen LogP contribution in [0.2, 0.25) is 10.0 Å². The van der Waals surface area contributed by atoms with Gasteiger partial charge < -0.3 is 41.8 Å². The van der Waals surface area contributed by atoms with Gasteiger partial charge in [0.25, 0.3) is 5.91 Å². The van der Waals surface area contributed by atoms with Gasteiger partial charge in [-0.1, -0.05) is 67.6 Å². The lowest BCUT2D eigenvalue weighted by Crippen LogP contribution is -2.37. The highest BCUT2D eigenvalue weighted by Gasteiger charge is 2.28. The summed E-state index contributed by atoms with van der Waals surface area (Å²) in [4.78, 5) is 64.0. The van der Waals surface area contributed by atoms with Crippen molar-refractivity contribution in [3.05, 3.63) is 99.7 Å². The molecule has 2 aromatic carbocycles. The number of aliphatic hydroxyl groups excluding tert-OH is 1. The third-order valence-corrected chi connectivity index (χ3v) is 12.3. The minimum Gasteiger partial charge on any atom is -0.508 e. The predicted octanol–water partition coefficient (Wildman–Crippen LogP) is 6.19. The number of aromatic hydroxyl groups is 1. The summed E-state index contributed by atoms with van der Waals surface area (Å²) in [6.45, 7) is 3.54. The molecule has 0 saturated heterocycles. The predicted molar refractivity (Wildman–Crippen MR) is 250 cm³/mol. The Morgan fingerprint density at radius 2 is 1.58 bits per heavy atom. The summed E-state index contributed by atoms with van der Waals surface area (Å²) in [7, 11) is 0. The number of nitrogens with zero attached hydrogens (tertiary/aromatic N) is 5. The SMILES string of the molecule is CCc1c(-c2ccc(C(=O)NCCC(=O)NCCCCCCCNC(=O)Cn3ccc(-c4cc(Cl)c(Cl)c5[nH]c6c(c45)CN(C(=O)CO)CC6)n3)nc2)cnc(N)c1-c1ccc(O)cc1. The number of H-pyrrole nitrogens is 1. The third kappa shape index (κ3) is 11.1. The number of rotatable bonds is 19. The molecule has 8 N–H and O–H groups in total. The van der Waals surface area contributed by atoms with Gasteiger partial charge in [0.1, 0.15) is 30.4 Å². The Kier molecular flexibility index (Phi) is 15.4. The van der Waals surface area contributed by atoms with E-state index in [1.807, 2.05) is 19.1 Å². The average molecular weight is 924 g/mol. The van der Waals surface area contributed by atoms with E-state index in [-0.39, 0.29) is 54.6 Å². The standard InChI is InChI=1S/C47H52Cl2N10O6/c1-2-31-33(24-55-46(50)42(31)28-8-11-30(61)12-9-28)29-10-13-38(54-23-29)47(65)53-19-14-39(62)51-17-6-4-3-5-7-18-52-40(63)26-59-21-16-37(57-59)32-22-35(48)44(49)45-43(32)34-25-58(41(64)27-60)20-15-36(34)56-45/h8-13,16,21-24,56,60-61H,2-7,14-15,17-20,25-27H2,1H3,(H2,50,55)(H,51,62)(H,52,63)(H,53,65). The van der Waals surface area contributed by atoms with Crippen molar-refractivity contribution in [3.63, 3.8) is 0 Å². The molecule has 340 valence electrons. The van der Waals surface area contributed by atoms with Crippen LogP contribution in [0.1, 0.15) is 72.8 Å². The largest absolute Gasteiger partial charge is 0.508 e. The van der Waals surface area contributed by atoms with E-state index in [1.54, 1.807) is 64.6 Å². The second kappa shape index (κ2) is 21.5. The van der Waals surface area contributed by atoms with Gasteiger partial charge in [-0.15, -0.1) is 0 Å². The van der Waals surface area contributed by atoms with Crippen LogP contribution in [-0.4, -0.2) is 96.3 Å². The van der Waals surface area contributed by atoms with Crippen LogP contribution in [0.25, 0.3) is 44.4 Å². The molecule has 0 saturated carbocycles. The number of halogens is 2. The Bertz CT molecular complexity index is 2680. The van der Waals surface area contributed by atoms with Crippen LogP contribution >= 0.6 is 23.2 Å². The molecule has 0 radical (unpaired) electrons. The molecular formula is C47H52Cl2N10O6. The number of hydrogen-bond donors (Lipinski definition) is 7. The van der Waals surface area contributed by atoms with Gasteiger partial charge in [-0.25, -0.2) is 4.98 Å². The van der Waals surface area contributed by atoms with E-state index in [0.717, 1.165) is 82.1 Å². The van der Waals surface area contributed by atoms with Gasteiger partial charge >= 0.3 is 0 Å². The van der Waals surface area contributed by atoms with Crippen molar-refractivity contribution in [1.82, 2.24) is 45.6 Å². The maximum Gasteiger partial charge on any atom is 0.269 e. The summed E-state index contributed by atoms with van der Waals surface area (Å²) in [6, 6.07) is 13.8. The highest BCUT2D eigenvalue weighted by atomic mass is 35.5. The molecule has 0 atom stereocenters. The molecule has 0 fully saturated rings. The second-order valence-corrected chi connectivity index (χ2v) is 16.7. The molecule has 1 aliphatic heterocycles. The fraction of sp³-hybridized carbons (Fsp3) is 0.340. The van der Waals surface area contributed by atoms with Crippen molar-refractivity contribution in [3.8, 4) is 39.3 Å². The van der Waals surface area contributed by atoms with Gasteiger partial charge in [0.15, 0.2) is 0 Å². The lowest BCUT2D eigenvalue weighted by molar-refractivity contribution is -0.135. The van der Waals surface area contributed by atoms with E-state index < -0.39 is 6.61 Å². The number of amides is 4. The number of unbranched alkanes of at least 4 members (excludes halogenated alkanes) is 4. The van der Waals surface area contributed by atoms with Crippen molar-refractivity contribution in [2.45, 2.75) is 71.4 Å². The maximum atomic E-state index is 12.8. The number of nitrogens with one attached hydrogen (secondary N) is 4. The number of aliphatic hydroxyl groups is 1. The molecule has 65 heavy (non-hydrogen) atoms. The molecule has 4 aromatic heterocycles. The van der Waals surface area contributed by atoms with E-state index in [0.29, 0.717) is 66.1 Å². The highest BCUT2D eigenvalue weighted by molar-refractivity contribution is 6.45. The Hall–Kier alpha value is -6.49. The summed E-state index contributed by atoms with van der Waals surface area (Å²) < 4.78 is 1.57. The number of nitrogen functional groups attached to an aromatic ring is 1. The number of aromatic amines is 1. The minimum atomic E-state index is -0.561. The molecule has 0 unspecified atom stereocenters. The van der Waals surface area contributed by atoms with E-state index in [9.17, 15) is 29.4 Å². The first-order valence-electron chi connectivity index (χ1n) is 21.7. The first kappa shape index (κ1) is 46.5. The Morgan fingerprint density at radius 3 is 2.29 bits per heavy atom. The molecule has 4 amide bonds. The molecule has 7 rings (SSSR count). The highest BCUT2D eigenvalue weighted by Crippen LogP contribution is 2.42. The van der Waals surface area contributed by atoms with E-state index >= 15 is 0 Å². The monoisotopic (exact) mass is 922 g/mol. The molecule has 0 spiro atoms. The number of aromatic nitrogens is 5. The van der Waals surface area contributed by atoms with Crippen molar-refractivity contribution in [2.75, 3.05) is 38.5 Å². The van der Waals surface area contributed by atoms with E-state index in [2.05, 4.69) is 36.0 Å². The summed E-state index contributed by atoms with van der Waals surface area (Å²) in [6.07, 6.45) is 10.9. The number of carbonyl (C=O) groups is 4. The zero-order chi connectivity index (χ0) is 46.0. The van der Waals surface area contributed by atoms with Crippen LogP contribution in [0.15, 0.2) is 67.1 Å². The molecule has 5 heterocycles. The lowest BCUT2D eigenvalue weighted by atomic mass is 9.92. The van der Waals surface area contributed by atoms with Crippen LogP contribution in [0.3, 0.4) is 0 Å². The number of fused-ring (bicyclic) bond motifs is 3.